The molecular formula is C17H26ClN3. The van der Waals surface area contributed by atoms with E-state index in [0.29, 0.717) is 0 Å². The molecule has 1 aromatic rings. The Kier molecular flexibility index (Phi) is 4.72. The molecule has 2 aliphatic rings. The number of hydrogen-bond acceptors (Lipinski definition) is 3. The van der Waals surface area contributed by atoms with Crippen molar-refractivity contribution in [2.45, 2.75) is 31.8 Å². The molecular weight excluding hydrogens is 282 g/mol. The quantitative estimate of drug-likeness (QED) is 0.871. The first-order valence-electron chi connectivity index (χ1n) is 8.03. The average Bonchev–Trinajstić information content (AvgIpc) is 3.19. The Morgan fingerprint density at radius 3 is 2.81 bits per heavy atom. The van der Waals surface area contributed by atoms with E-state index in [2.05, 4.69) is 41.3 Å². The Balaban J connectivity index is 1.66. The van der Waals surface area contributed by atoms with Gasteiger partial charge in [-0.3, -0.25) is 0 Å². The van der Waals surface area contributed by atoms with E-state index in [1.807, 2.05) is 6.07 Å². The maximum Gasteiger partial charge on any atom is 0.0410 e. The van der Waals surface area contributed by atoms with E-state index < -0.39 is 0 Å². The Bertz CT molecular complexity index is 487. The van der Waals surface area contributed by atoms with Gasteiger partial charge in [-0.15, -0.1) is 0 Å². The van der Waals surface area contributed by atoms with Crippen LogP contribution >= 0.6 is 11.6 Å². The summed E-state index contributed by atoms with van der Waals surface area (Å²) in [7, 11) is 4.43. The van der Waals surface area contributed by atoms with E-state index >= 15 is 0 Å². The molecule has 1 aromatic carbocycles. The first-order valence-corrected chi connectivity index (χ1v) is 8.41. The maximum absolute atomic E-state index is 6.19. The molecule has 1 unspecified atom stereocenters. The molecule has 1 saturated heterocycles. The molecule has 0 amide bonds. The lowest BCUT2D eigenvalue weighted by Crippen LogP contribution is -2.28. The van der Waals surface area contributed by atoms with Crippen molar-refractivity contribution in [3.05, 3.63) is 28.8 Å². The van der Waals surface area contributed by atoms with Gasteiger partial charge < -0.3 is 15.1 Å². The molecule has 1 atom stereocenters. The van der Waals surface area contributed by atoms with E-state index in [4.69, 9.17) is 11.6 Å². The van der Waals surface area contributed by atoms with Crippen molar-refractivity contribution in [1.82, 2.24) is 10.2 Å². The van der Waals surface area contributed by atoms with Gasteiger partial charge in [0.1, 0.15) is 0 Å². The number of benzene rings is 1. The van der Waals surface area contributed by atoms with Crippen LogP contribution < -0.4 is 10.2 Å². The third kappa shape index (κ3) is 4.12. The van der Waals surface area contributed by atoms with Gasteiger partial charge in [0.2, 0.25) is 0 Å². The highest BCUT2D eigenvalue weighted by Crippen LogP contribution is 2.27. The van der Waals surface area contributed by atoms with Gasteiger partial charge in [0, 0.05) is 43.4 Å². The van der Waals surface area contributed by atoms with Crippen LogP contribution in [-0.4, -0.2) is 44.7 Å². The molecule has 116 valence electrons. The van der Waals surface area contributed by atoms with Crippen LogP contribution in [0.1, 0.15) is 24.8 Å². The average molecular weight is 308 g/mol. The van der Waals surface area contributed by atoms with Gasteiger partial charge in [0.25, 0.3) is 0 Å². The summed E-state index contributed by atoms with van der Waals surface area (Å²) in [4.78, 5) is 4.83. The van der Waals surface area contributed by atoms with Gasteiger partial charge in [-0.05, 0) is 62.5 Å². The maximum atomic E-state index is 6.19. The summed E-state index contributed by atoms with van der Waals surface area (Å²) in [5.41, 5.74) is 2.64. The van der Waals surface area contributed by atoms with Crippen LogP contribution in [0.3, 0.4) is 0 Å². The fraction of sp³-hybridized carbons (Fsp3) is 0.647. The van der Waals surface area contributed by atoms with E-state index in [9.17, 15) is 0 Å². The van der Waals surface area contributed by atoms with Crippen LogP contribution in [0.4, 0.5) is 5.69 Å². The van der Waals surface area contributed by atoms with Crippen LogP contribution in [-0.2, 0) is 6.54 Å². The summed E-state index contributed by atoms with van der Waals surface area (Å²) < 4.78 is 0. The third-order valence-corrected chi connectivity index (χ3v) is 4.87. The van der Waals surface area contributed by atoms with Crippen LogP contribution in [0, 0.1) is 5.92 Å². The first kappa shape index (κ1) is 15.1. The number of nitrogens with one attached hydrogen (secondary N) is 1. The van der Waals surface area contributed by atoms with Crippen molar-refractivity contribution < 1.29 is 0 Å². The number of anilines is 1. The number of nitrogens with zero attached hydrogens (tertiary/aromatic N) is 2. The minimum atomic E-state index is 0.727. The molecule has 0 bridgehead atoms. The van der Waals surface area contributed by atoms with Crippen molar-refractivity contribution in [3.8, 4) is 0 Å². The fourth-order valence-corrected chi connectivity index (χ4v) is 3.47. The van der Waals surface area contributed by atoms with E-state index in [1.165, 1.54) is 43.6 Å². The fourth-order valence-electron chi connectivity index (χ4n) is 3.27. The minimum absolute atomic E-state index is 0.727. The summed E-state index contributed by atoms with van der Waals surface area (Å²) in [6, 6.07) is 7.02. The van der Waals surface area contributed by atoms with E-state index in [-0.39, 0.29) is 0 Å². The molecule has 1 N–H and O–H groups in total. The van der Waals surface area contributed by atoms with Crippen LogP contribution in [0.25, 0.3) is 0 Å². The van der Waals surface area contributed by atoms with Crippen LogP contribution in [0.2, 0.25) is 5.02 Å². The molecule has 3 nitrogen and oxygen atoms in total. The highest BCUT2D eigenvalue weighted by molar-refractivity contribution is 6.30. The summed E-state index contributed by atoms with van der Waals surface area (Å²) in [6.45, 7) is 4.50. The lowest BCUT2D eigenvalue weighted by molar-refractivity contribution is 0.396. The Hall–Kier alpha value is -0.770. The lowest BCUT2D eigenvalue weighted by atomic mass is 10.1. The number of likely N-dealkylation sites (tertiary alicyclic amines) is 1. The van der Waals surface area contributed by atoms with Crippen molar-refractivity contribution in [2.75, 3.05) is 38.6 Å². The normalized spacial score (nSPS) is 22.7. The van der Waals surface area contributed by atoms with E-state index in [1.54, 1.807) is 0 Å². The van der Waals surface area contributed by atoms with Gasteiger partial charge >= 0.3 is 0 Å². The van der Waals surface area contributed by atoms with Gasteiger partial charge in [-0.1, -0.05) is 11.6 Å². The van der Waals surface area contributed by atoms with Crippen molar-refractivity contribution in [1.29, 1.82) is 0 Å². The predicted molar refractivity (Wildman–Crippen MR) is 90.2 cm³/mol. The van der Waals surface area contributed by atoms with Crippen molar-refractivity contribution in [3.63, 3.8) is 0 Å². The van der Waals surface area contributed by atoms with Gasteiger partial charge in [-0.25, -0.2) is 0 Å². The molecule has 1 aliphatic carbocycles. The standard InChI is InChI=1S/C17H26ClN3/c1-20-8-7-13(11-20)12-21(2)17-6-3-15(18)9-14(17)10-19-16-4-5-16/h3,6,9,13,16,19H,4-5,7-8,10-12H2,1-2H3. The Labute approximate surface area is 133 Å². The van der Waals surface area contributed by atoms with Gasteiger partial charge in [0.05, 0.1) is 0 Å². The lowest BCUT2D eigenvalue weighted by Gasteiger charge is -2.26. The molecule has 1 aliphatic heterocycles. The highest BCUT2D eigenvalue weighted by atomic mass is 35.5. The summed E-state index contributed by atoms with van der Waals surface area (Å²) in [6.07, 6.45) is 3.95. The molecule has 1 heterocycles. The Morgan fingerprint density at radius 1 is 1.33 bits per heavy atom. The minimum Gasteiger partial charge on any atom is -0.374 e. The summed E-state index contributed by atoms with van der Waals surface area (Å²) >= 11 is 6.19. The van der Waals surface area contributed by atoms with Crippen LogP contribution in [0.15, 0.2) is 18.2 Å². The van der Waals surface area contributed by atoms with Crippen molar-refractivity contribution >= 4 is 17.3 Å². The molecule has 2 fully saturated rings. The van der Waals surface area contributed by atoms with Gasteiger partial charge in [0.15, 0.2) is 0 Å². The molecule has 0 spiro atoms. The SMILES string of the molecule is CN1CCC(CN(C)c2ccc(Cl)cc2CNC2CC2)C1. The van der Waals surface area contributed by atoms with Crippen LogP contribution in [0.5, 0.6) is 0 Å². The smallest absolute Gasteiger partial charge is 0.0410 e. The molecule has 1 saturated carbocycles. The predicted octanol–water partition coefficient (Wildman–Crippen LogP) is 2.98. The zero-order chi connectivity index (χ0) is 14.8. The number of hydrogen-bond donors (Lipinski definition) is 1. The largest absolute Gasteiger partial charge is 0.374 e. The Morgan fingerprint density at radius 2 is 2.14 bits per heavy atom. The van der Waals surface area contributed by atoms with Gasteiger partial charge in [-0.2, -0.15) is 0 Å². The number of halogens is 1. The zero-order valence-electron chi connectivity index (χ0n) is 13.1. The van der Waals surface area contributed by atoms with E-state index in [0.717, 1.165) is 30.1 Å². The molecule has 3 rings (SSSR count). The monoisotopic (exact) mass is 307 g/mol. The summed E-state index contributed by atoms with van der Waals surface area (Å²) in [5, 5.41) is 4.44. The molecule has 0 aromatic heterocycles. The molecule has 4 heteroatoms. The molecule has 21 heavy (non-hydrogen) atoms. The second-order valence-corrected chi connectivity index (χ2v) is 7.16. The topological polar surface area (TPSA) is 18.5 Å². The second-order valence-electron chi connectivity index (χ2n) is 6.73. The zero-order valence-corrected chi connectivity index (χ0v) is 13.9. The third-order valence-electron chi connectivity index (χ3n) is 4.63. The molecule has 0 radical (unpaired) electrons. The number of rotatable bonds is 6. The first-order chi connectivity index (χ1) is 10.1. The summed E-state index contributed by atoms with van der Waals surface area (Å²) in [5.74, 6) is 0.778. The van der Waals surface area contributed by atoms with Crippen molar-refractivity contribution in [2.24, 2.45) is 5.92 Å². The second kappa shape index (κ2) is 6.55. The highest BCUT2D eigenvalue weighted by Gasteiger charge is 2.23.